The normalized spacial score (nSPS) is 14.4. The maximum absolute atomic E-state index is 8.92. The van der Waals surface area contributed by atoms with Gasteiger partial charge in [0.1, 0.15) is 5.75 Å². The molecule has 1 aromatic carbocycles. The van der Waals surface area contributed by atoms with Crippen LogP contribution in [0.3, 0.4) is 0 Å². The Morgan fingerprint density at radius 2 is 2.18 bits per heavy atom. The van der Waals surface area contributed by atoms with Gasteiger partial charge in [0.15, 0.2) is 0 Å². The van der Waals surface area contributed by atoms with Gasteiger partial charge in [-0.25, -0.2) is 0 Å². The lowest BCUT2D eigenvalue weighted by Crippen LogP contribution is -2.14. The molecule has 3 N–H and O–H groups in total. The van der Waals surface area contributed by atoms with E-state index in [9.17, 15) is 0 Å². The largest absolute Gasteiger partial charge is 0.497 e. The molecule has 0 fully saturated rings. The van der Waals surface area contributed by atoms with Crippen molar-refractivity contribution in [3.05, 3.63) is 29.8 Å². The molecule has 17 heavy (non-hydrogen) atoms. The van der Waals surface area contributed by atoms with E-state index in [1.54, 1.807) is 18.9 Å². The van der Waals surface area contributed by atoms with Crippen LogP contribution in [0.5, 0.6) is 5.75 Å². The third kappa shape index (κ3) is 4.98. The van der Waals surface area contributed by atoms with Crippen molar-refractivity contribution in [2.45, 2.75) is 13.0 Å². The highest BCUT2D eigenvalue weighted by atomic mass is 32.2. The summed E-state index contributed by atoms with van der Waals surface area (Å²) in [5.74, 6) is 2.97. The van der Waals surface area contributed by atoms with Crippen molar-refractivity contribution in [2.24, 2.45) is 11.7 Å². The molecule has 0 bridgehead atoms. The second-order valence-electron chi connectivity index (χ2n) is 4.21. The first-order valence-electron chi connectivity index (χ1n) is 5.75. The first-order valence-corrected chi connectivity index (χ1v) is 6.91. The molecule has 0 saturated heterocycles. The van der Waals surface area contributed by atoms with E-state index < -0.39 is 0 Å². The lowest BCUT2D eigenvalue weighted by Gasteiger charge is -2.14. The Bertz CT molecular complexity index is 333. The van der Waals surface area contributed by atoms with Gasteiger partial charge in [-0.15, -0.1) is 0 Å². The van der Waals surface area contributed by atoms with Crippen LogP contribution in [0, 0.1) is 5.92 Å². The van der Waals surface area contributed by atoms with Gasteiger partial charge in [0.25, 0.3) is 0 Å². The molecule has 2 unspecified atom stereocenters. The molecule has 0 spiro atoms. The molecule has 0 aliphatic heterocycles. The predicted molar refractivity (Wildman–Crippen MR) is 73.5 cm³/mol. The summed E-state index contributed by atoms with van der Waals surface area (Å²) in [5.41, 5.74) is 7.20. The fourth-order valence-corrected chi connectivity index (χ4v) is 2.51. The molecule has 2 atom stereocenters. The van der Waals surface area contributed by atoms with Gasteiger partial charge in [-0.3, -0.25) is 0 Å². The number of benzene rings is 1. The quantitative estimate of drug-likeness (QED) is 0.783. The number of ether oxygens (including phenoxy) is 1. The number of methoxy groups -OCH3 is 1. The number of hydrogen-bond acceptors (Lipinski definition) is 4. The molecule has 4 heteroatoms. The maximum atomic E-state index is 8.92. The first kappa shape index (κ1) is 14.4. The highest BCUT2D eigenvalue weighted by Crippen LogP contribution is 2.21. The van der Waals surface area contributed by atoms with E-state index in [1.807, 2.05) is 31.2 Å². The van der Waals surface area contributed by atoms with Gasteiger partial charge >= 0.3 is 0 Å². The van der Waals surface area contributed by atoms with Crippen molar-refractivity contribution in [3.8, 4) is 5.75 Å². The minimum absolute atomic E-state index is 0.0148. The molecule has 0 saturated carbocycles. The van der Waals surface area contributed by atoms with E-state index in [-0.39, 0.29) is 12.6 Å². The van der Waals surface area contributed by atoms with Crippen LogP contribution in [0.2, 0.25) is 0 Å². The standard InChI is InChI=1S/C13H21NO2S/c1-10(7-15)8-17-9-13(14)11-4-3-5-12(6-11)16-2/h3-6,10,13,15H,7-9,14H2,1-2H3. The number of thioether (sulfide) groups is 1. The molecule has 1 aromatic rings. The Kier molecular flexibility index (Phi) is 6.40. The van der Waals surface area contributed by atoms with Gasteiger partial charge in [-0.2, -0.15) is 11.8 Å². The highest BCUT2D eigenvalue weighted by molar-refractivity contribution is 7.99. The summed E-state index contributed by atoms with van der Waals surface area (Å²) in [6, 6.07) is 7.87. The lowest BCUT2D eigenvalue weighted by atomic mass is 10.1. The molecule has 0 aliphatic rings. The summed E-state index contributed by atoms with van der Waals surface area (Å²) < 4.78 is 5.17. The molecule has 0 aromatic heterocycles. The van der Waals surface area contributed by atoms with Crippen molar-refractivity contribution in [1.82, 2.24) is 0 Å². The van der Waals surface area contributed by atoms with Crippen LogP contribution in [0.25, 0.3) is 0 Å². The van der Waals surface area contributed by atoms with Crippen molar-refractivity contribution >= 4 is 11.8 Å². The van der Waals surface area contributed by atoms with Crippen molar-refractivity contribution in [2.75, 3.05) is 25.2 Å². The van der Waals surface area contributed by atoms with Gasteiger partial charge < -0.3 is 15.6 Å². The molecule has 96 valence electrons. The van der Waals surface area contributed by atoms with Crippen LogP contribution < -0.4 is 10.5 Å². The molecule has 1 rings (SSSR count). The Hall–Kier alpha value is -0.710. The molecule has 0 heterocycles. The highest BCUT2D eigenvalue weighted by Gasteiger charge is 2.08. The van der Waals surface area contributed by atoms with Crippen LogP contribution in [-0.2, 0) is 0 Å². The summed E-state index contributed by atoms with van der Waals surface area (Å²) in [5, 5.41) is 8.92. The third-order valence-corrected chi connectivity index (χ3v) is 3.93. The Morgan fingerprint density at radius 3 is 2.82 bits per heavy atom. The Morgan fingerprint density at radius 1 is 1.41 bits per heavy atom. The molecular weight excluding hydrogens is 234 g/mol. The summed E-state index contributed by atoms with van der Waals surface area (Å²) in [7, 11) is 1.66. The smallest absolute Gasteiger partial charge is 0.119 e. The summed E-state index contributed by atoms with van der Waals surface area (Å²) in [4.78, 5) is 0. The third-order valence-electron chi connectivity index (χ3n) is 2.53. The van der Waals surface area contributed by atoms with Gasteiger partial charge in [0, 0.05) is 18.4 Å². The average Bonchev–Trinajstić information content (AvgIpc) is 2.38. The van der Waals surface area contributed by atoms with Crippen LogP contribution >= 0.6 is 11.8 Å². The van der Waals surface area contributed by atoms with Crippen molar-refractivity contribution < 1.29 is 9.84 Å². The predicted octanol–water partition coefficient (Wildman–Crippen LogP) is 2.06. The Labute approximate surface area is 107 Å². The summed E-state index contributed by atoms with van der Waals surface area (Å²) >= 11 is 1.78. The zero-order chi connectivity index (χ0) is 12.7. The van der Waals surface area contributed by atoms with E-state index in [0.717, 1.165) is 22.8 Å². The minimum Gasteiger partial charge on any atom is -0.497 e. The van der Waals surface area contributed by atoms with E-state index in [1.165, 1.54) is 0 Å². The van der Waals surface area contributed by atoms with Gasteiger partial charge in [0.05, 0.1) is 7.11 Å². The van der Waals surface area contributed by atoms with Crippen LogP contribution in [0.15, 0.2) is 24.3 Å². The van der Waals surface area contributed by atoms with Crippen LogP contribution in [-0.4, -0.2) is 30.3 Å². The second-order valence-corrected chi connectivity index (χ2v) is 5.28. The number of aliphatic hydroxyl groups is 1. The van der Waals surface area contributed by atoms with E-state index in [0.29, 0.717) is 5.92 Å². The molecule has 0 aliphatic carbocycles. The minimum atomic E-state index is 0.0148. The summed E-state index contributed by atoms with van der Waals surface area (Å²) in [6.45, 7) is 2.27. The fraction of sp³-hybridized carbons (Fsp3) is 0.538. The fourth-order valence-electron chi connectivity index (χ4n) is 1.42. The topological polar surface area (TPSA) is 55.5 Å². The average molecular weight is 255 g/mol. The zero-order valence-corrected chi connectivity index (χ0v) is 11.2. The zero-order valence-electron chi connectivity index (χ0n) is 10.4. The molecule has 0 amide bonds. The van der Waals surface area contributed by atoms with Gasteiger partial charge in [-0.05, 0) is 29.4 Å². The van der Waals surface area contributed by atoms with Gasteiger partial charge in [-0.1, -0.05) is 19.1 Å². The van der Waals surface area contributed by atoms with Crippen molar-refractivity contribution in [1.29, 1.82) is 0 Å². The van der Waals surface area contributed by atoms with Crippen LogP contribution in [0.1, 0.15) is 18.5 Å². The second kappa shape index (κ2) is 7.58. The lowest BCUT2D eigenvalue weighted by molar-refractivity contribution is 0.250. The number of aliphatic hydroxyl groups excluding tert-OH is 1. The van der Waals surface area contributed by atoms with Crippen LogP contribution in [0.4, 0.5) is 0 Å². The number of rotatable bonds is 7. The monoisotopic (exact) mass is 255 g/mol. The van der Waals surface area contributed by atoms with E-state index >= 15 is 0 Å². The molecule has 3 nitrogen and oxygen atoms in total. The van der Waals surface area contributed by atoms with Crippen molar-refractivity contribution in [3.63, 3.8) is 0 Å². The summed E-state index contributed by atoms with van der Waals surface area (Å²) in [6.07, 6.45) is 0. The van der Waals surface area contributed by atoms with E-state index in [4.69, 9.17) is 15.6 Å². The van der Waals surface area contributed by atoms with E-state index in [2.05, 4.69) is 0 Å². The maximum Gasteiger partial charge on any atom is 0.119 e. The molecular formula is C13H21NO2S. The number of hydrogen-bond donors (Lipinski definition) is 2. The number of nitrogens with two attached hydrogens (primary N) is 1. The SMILES string of the molecule is COc1cccc(C(N)CSCC(C)CO)c1. The van der Waals surface area contributed by atoms with Gasteiger partial charge in [0.2, 0.25) is 0 Å². The Balaban J connectivity index is 2.43. The first-order chi connectivity index (χ1) is 8.17. The molecule has 0 radical (unpaired) electrons.